The summed E-state index contributed by atoms with van der Waals surface area (Å²) in [6.45, 7) is 2.91. The van der Waals surface area contributed by atoms with E-state index in [0.29, 0.717) is 5.02 Å². The molecule has 2 aromatic rings. The summed E-state index contributed by atoms with van der Waals surface area (Å²) in [5.41, 5.74) is 0.0888. The van der Waals surface area contributed by atoms with Crippen molar-refractivity contribution in [2.75, 3.05) is 0 Å². The molecule has 0 aliphatic rings. The van der Waals surface area contributed by atoms with Crippen molar-refractivity contribution in [2.45, 2.75) is 26.3 Å². The van der Waals surface area contributed by atoms with Crippen molar-refractivity contribution in [3.63, 3.8) is 0 Å². The first kappa shape index (κ1) is 10.7. The van der Waals surface area contributed by atoms with Crippen molar-refractivity contribution in [2.24, 2.45) is 0 Å². The van der Waals surface area contributed by atoms with Crippen molar-refractivity contribution in [3.8, 4) is 0 Å². The van der Waals surface area contributed by atoms with E-state index < -0.39 is 0 Å². The van der Waals surface area contributed by atoms with E-state index in [0.717, 1.165) is 29.5 Å². The van der Waals surface area contributed by atoms with Crippen molar-refractivity contribution in [3.05, 3.63) is 33.6 Å². The first-order valence-corrected chi connectivity index (χ1v) is 6.17. The second-order valence-corrected chi connectivity index (χ2v) is 4.91. The van der Waals surface area contributed by atoms with E-state index in [2.05, 4.69) is 6.92 Å². The molecule has 15 heavy (non-hydrogen) atoms. The molecule has 2 nitrogen and oxygen atoms in total. The van der Waals surface area contributed by atoms with E-state index in [-0.39, 0.29) is 5.56 Å². The quantitative estimate of drug-likeness (QED) is 0.806. The van der Waals surface area contributed by atoms with Gasteiger partial charge in [0.25, 0.3) is 5.56 Å². The third kappa shape index (κ3) is 1.94. The zero-order chi connectivity index (χ0) is 10.8. The molecule has 0 amide bonds. The fourth-order valence-electron chi connectivity index (χ4n) is 1.50. The highest BCUT2D eigenvalue weighted by Gasteiger charge is 2.08. The Morgan fingerprint density at radius 3 is 2.93 bits per heavy atom. The third-order valence-corrected chi connectivity index (χ3v) is 3.96. The molecule has 1 aromatic carbocycles. The van der Waals surface area contributed by atoms with Gasteiger partial charge in [-0.1, -0.05) is 42.5 Å². The van der Waals surface area contributed by atoms with E-state index in [1.807, 2.05) is 18.2 Å². The van der Waals surface area contributed by atoms with Crippen LogP contribution < -0.4 is 5.56 Å². The van der Waals surface area contributed by atoms with Gasteiger partial charge in [0.05, 0.1) is 15.1 Å². The lowest BCUT2D eigenvalue weighted by atomic mass is 10.3. The summed E-state index contributed by atoms with van der Waals surface area (Å²) in [6, 6.07) is 5.48. The Morgan fingerprint density at radius 2 is 2.27 bits per heavy atom. The summed E-state index contributed by atoms with van der Waals surface area (Å²) in [7, 11) is 0. The van der Waals surface area contributed by atoms with Gasteiger partial charge < -0.3 is 0 Å². The molecule has 0 saturated carbocycles. The molecule has 0 unspecified atom stereocenters. The van der Waals surface area contributed by atoms with Crippen molar-refractivity contribution >= 4 is 33.2 Å². The Hall–Kier alpha value is -0.800. The summed E-state index contributed by atoms with van der Waals surface area (Å²) in [4.78, 5) is 11.9. The second kappa shape index (κ2) is 4.37. The molecule has 0 fully saturated rings. The van der Waals surface area contributed by atoms with Crippen LogP contribution >= 0.6 is 23.1 Å². The lowest BCUT2D eigenvalue weighted by Crippen LogP contribution is -2.12. The molecule has 1 aromatic heterocycles. The van der Waals surface area contributed by atoms with Crippen LogP contribution in [0.2, 0.25) is 5.02 Å². The number of benzene rings is 1. The lowest BCUT2D eigenvalue weighted by Gasteiger charge is -1.95. The number of aryl methyl sites for hydroxylation is 1. The van der Waals surface area contributed by atoms with Crippen LogP contribution in [0.3, 0.4) is 0 Å². The average molecular weight is 242 g/mol. The minimum atomic E-state index is 0.0888. The molecule has 0 bridgehead atoms. The van der Waals surface area contributed by atoms with Gasteiger partial charge in [-0.2, -0.15) is 0 Å². The molecular formula is C11H12ClNOS. The smallest absolute Gasteiger partial charge is 0.268 e. The largest absolute Gasteiger partial charge is 0.268 e. The molecule has 0 spiro atoms. The Bertz CT molecular complexity index is 529. The van der Waals surface area contributed by atoms with Crippen LogP contribution in [-0.2, 0) is 6.54 Å². The van der Waals surface area contributed by atoms with Gasteiger partial charge >= 0.3 is 0 Å². The Balaban J connectivity index is 2.54. The Labute approximate surface area is 97.2 Å². The van der Waals surface area contributed by atoms with Crippen molar-refractivity contribution < 1.29 is 0 Å². The van der Waals surface area contributed by atoms with E-state index in [1.54, 1.807) is 3.96 Å². The van der Waals surface area contributed by atoms with Crippen LogP contribution in [0, 0.1) is 0 Å². The molecule has 0 aliphatic carbocycles. The number of rotatable bonds is 3. The highest BCUT2D eigenvalue weighted by atomic mass is 35.5. The maximum Gasteiger partial charge on any atom is 0.268 e. The Morgan fingerprint density at radius 1 is 1.47 bits per heavy atom. The van der Waals surface area contributed by atoms with Crippen molar-refractivity contribution in [1.82, 2.24) is 3.96 Å². The fraction of sp³-hybridized carbons (Fsp3) is 0.364. The monoisotopic (exact) mass is 241 g/mol. The van der Waals surface area contributed by atoms with Gasteiger partial charge in [0, 0.05) is 6.54 Å². The molecule has 2 rings (SSSR count). The molecule has 4 heteroatoms. The average Bonchev–Trinajstić information content (AvgIpc) is 2.55. The summed E-state index contributed by atoms with van der Waals surface area (Å²) in [5, 5.41) is 1.41. The molecule has 0 saturated heterocycles. The lowest BCUT2D eigenvalue weighted by molar-refractivity contribution is 0.660. The van der Waals surface area contributed by atoms with Crippen LogP contribution in [0.5, 0.6) is 0 Å². The maximum atomic E-state index is 11.9. The standard InChI is InChI=1S/C11H12ClNOS/c1-2-3-7-13-11(14)8-5-4-6-9(12)10(8)15-13/h4-6H,2-3,7H2,1H3. The number of nitrogens with zero attached hydrogens (tertiary/aromatic N) is 1. The van der Waals surface area contributed by atoms with Gasteiger partial charge in [-0.25, -0.2) is 0 Å². The molecule has 0 atom stereocenters. The fourth-order valence-corrected chi connectivity index (χ4v) is 2.81. The summed E-state index contributed by atoms with van der Waals surface area (Å²) in [5.74, 6) is 0. The van der Waals surface area contributed by atoms with E-state index in [4.69, 9.17) is 11.6 Å². The molecule has 0 radical (unpaired) electrons. The van der Waals surface area contributed by atoms with E-state index in [1.165, 1.54) is 11.5 Å². The number of fused-ring (bicyclic) bond motifs is 1. The van der Waals surface area contributed by atoms with Gasteiger partial charge in [-0.15, -0.1) is 0 Å². The highest BCUT2D eigenvalue weighted by molar-refractivity contribution is 7.14. The first-order chi connectivity index (χ1) is 7.24. The molecule has 1 heterocycles. The highest BCUT2D eigenvalue weighted by Crippen LogP contribution is 2.25. The zero-order valence-corrected chi connectivity index (χ0v) is 10.1. The topological polar surface area (TPSA) is 22.0 Å². The van der Waals surface area contributed by atoms with Gasteiger partial charge in [0.15, 0.2) is 0 Å². The van der Waals surface area contributed by atoms with Crippen LogP contribution in [0.1, 0.15) is 19.8 Å². The SMILES string of the molecule is CCCCn1sc2c(Cl)cccc2c1=O. The predicted octanol–water partition coefficient (Wildman–Crippen LogP) is 3.52. The van der Waals surface area contributed by atoms with Gasteiger partial charge in [0.2, 0.25) is 0 Å². The van der Waals surface area contributed by atoms with Gasteiger partial charge in [-0.05, 0) is 18.6 Å². The molecule has 0 aliphatic heterocycles. The summed E-state index contributed by atoms with van der Waals surface area (Å²) < 4.78 is 2.69. The normalized spacial score (nSPS) is 11.1. The predicted molar refractivity (Wildman–Crippen MR) is 66.0 cm³/mol. The number of hydrogen-bond acceptors (Lipinski definition) is 2. The molecule has 80 valence electrons. The number of aromatic nitrogens is 1. The summed E-state index contributed by atoms with van der Waals surface area (Å²) >= 11 is 7.50. The van der Waals surface area contributed by atoms with Crippen LogP contribution in [-0.4, -0.2) is 3.96 Å². The third-order valence-electron chi connectivity index (χ3n) is 2.34. The number of unbranched alkanes of at least 4 members (excludes halogenated alkanes) is 1. The summed E-state index contributed by atoms with van der Waals surface area (Å²) in [6.07, 6.45) is 2.12. The Kier molecular flexibility index (Phi) is 3.12. The number of hydrogen-bond donors (Lipinski definition) is 0. The van der Waals surface area contributed by atoms with E-state index in [9.17, 15) is 4.79 Å². The number of halogens is 1. The van der Waals surface area contributed by atoms with Gasteiger partial charge in [0.1, 0.15) is 0 Å². The maximum absolute atomic E-state index is 11.9. The van der Waals surface area contributed by atoms with Crippen LogP contribution in [0.25, 0.3) is 10.1 Å². The second-order valence-electron chi connectivity index (χ2n) is 3.47. The van der Waals surface area contributed by atoms with Gasteiger partial charge in [-0.3, -0.25) is 8.75 Å². The van der Waals surface area contributed by atoms with Crippen molar-refractivity contribution in [1.29, 1.82) is 0 Å². The van der Waals surface area contributed by atoms with Crippen LogP contribution in [0.4, 0.5) is 0 Å². The molecular weight excluding hydrogens is 230 g/mol. The minimum absolute atomic E-state index is 0.0888. The van der Waals surface area contributed by atoms with E-state index >= 15 is 0 Å². The molecule has 0 N–H and O–H groups in total. The zero-order valence-electron chi connectivity index (χ0n) is 8.50. The minimum Gasteiger partial charge on any atom is -0.268 e. The first-order valence-electron chi connectivity index (χ1n) is 5.02. The van der Waals surface area contributed by atoms with Crippen LogP contribution in [0.15, 0.2) is 23.0 Å².